The van der Waals surface area contributed by atoms with Gasteiger partial charge >= 0.3 is 0 Å². The molecule has 0 fully saturated rings. The van der Waals surface area contributed by atoms with E-state index in [1.807, 2.05) is 24.3 Å². The van der Waals surface area contributed by atoms with E-state index in [1.54, 1.807) is 6.07 Å². The van der Waals surface area contributed by atoms with Gasteiger partial charge in [-0.2, -0.15) is 5.26 Å². The zero-order valence-corrected chi connectivity index (χ0v) is 15.1. The summed E-state index contributed by atoms with van der Waals surface area (Å²) in [4.78, 5) is 3.82. The first-order chi connectivity index (χ1) is 13.1. The quantitative estimate of drug-likeness (QED) is 0.362. The van der Waals surface area contributed by atoms with E-state index in [2.05, 4.69) is 49.0 Å². The number of nitrogens with zero attached hydrogens (tertiary/aromatic N) is 2. The lowest BCUT2D eigenvalue weighted by Gasteiger charge is -2.42. The summed E-state index contributed by atoms with van der Waals surface area (Å²) in [6, 6.07) is 20.0. The molecule has 27 heavy (non-hydrogen) atoms. The number of ether oxygens (including phenoxy) is 1. The predicted molar refractivity (Wildman–Crippen MR) is 107 cm³/mol. The third-order valence-corrected chi connectivity index (χ3v) is 5.83. The van der Waals surface area contributed by atoms with Gasteiger partial charge < -0.3 is 4.74 Å². The minimum atomic E-state index is -0.300. The van der Waals surface area contributed by atoms with Gasteiger partial charge in [-0.15, -0.1) is 0 Å². The second-order valence-corrected chi connectivity index (χ2v) is 7.60. The highest BCUT2D eigenvalue weighted by Gasteiger charge is 2.45. The second-order valence-electron chi connectivity index (χ2n) is 7.60. The number of hydrogen-bond acceptors (Lipinski definition) is 2. The van der Waals surface area contributed by atoms with Crippen molar-refractivity contribution in [2.75, 3.05) is 0 Å². The van der Waals surface area contributed by atoms with Crippen molar-refractivity contribution in [1.29, 1.82) is 5.26 Å². The Balaban J connectivity index is 1.94. The van der Waals surface area contributed by atoms with Crippen LogP contribution < -0.4 is 21.1 Å². The fourth-order valence-corrected chi connectivity index (χ4v) is 4.70. The molecule has 126 valence electrons. The summed E-state index contributed by atoms with van der Waals surface area (Å²) in [5, 5.41) is 9.39. The number of benzene rings is 3. The number of rotatable bonds is 0. The maximum absolute atomic E-state index is 9.39. The van der Waals surface area contributed by atoms with Crippen LogP contribution in [0.4, 0.5) is 5.69 Å². The van der Waals surface area contributed by atoms with Crippen molar-refractivity contribution < 1.29 is 4.74 Å². The number of fused-ring (bicyclic) bond motifs is 4. The molecular formula is C23H15BN2O. The van der Waals surface area contributed by atoms with Gasteiger partial charge in [-0.1, -0.05) is 49.6 Å². The highest BCUT2D eigenvalue weighted by atomic mass is 16.5. The molecule has 0 saturated heterocycles. The molecule has 3 aromatic carbocycles. The van der Waals surface area contributed by atoms with Gasteiger partial charge in [0.15, 0.2) is 5.69 Å². The van der Waals surface area contributed by atoms with Crippen molar-refractivity contribution in [3.63, 3.8) is 0 Å². The largest absolute Gasteiger partial charge is 0.459 e. The molecule has 2 aliphatic rings. The first kappa shape index (κ1) is 15.7. The van der Waals surface area contributed by atoms with E-state index in [0.717, 1.165) is 28.0 Å². The third-order valence-electron chi connectivity index (χ3n) is 5.83. The summed E-state index contributed by atoms with van der Waals surface area (Å²) in [6.45, 7) is 12.0. The highest BCUT2D eigenvalue weighted by molar-refractivity contribution is 6.98. The predicted octanol–water partition coefficient (Wildman–Crippen LogP) is 3.37. The van der Waals surface area contributed by atoms with E-state index in [-0.39, 0.29) is 12.1 Å². The summed E-state index contributed by atoms with van der Waals surface area (Å²) in [7, 11) is 0. The molecule has 5 rings (SSSR count). The summed E-state index contributed by atoms with van der Waals surface area (Å²) in [5.41, 5.74) is 6.52. The van der Waals surface area contributed by atoms with Crippen LogP contribution in [0.3, 0.4) is 0 Å². The van der Waals surface area contributed by atoms with Crippen LogP contribution in [0.15, 0.2) is 54.6 Å². The molecule has 0 unspecified atom stereocenters. The summed E-state index contributed by atoms with van der Waals surface area (Å²) >= 11 is 0. The van der Waals surface area contributed by atoms with Gasteiger partial charge in [-0.3, -0.25) is 0 Å². The lowest BCUT2D eigenvalue weighted by molar-refractivity contribution is 0.484. The van der Waals surface area contributed by atoms with Gasteiger partial charge in [-0.05, 0) is 46.3 Å². The molecule has 2 aliphatic heterocycles. The van der Waals surface area contributed by atoms with Crippen molar-refractivity contribution in [2.24, 2.45) is 0 Å². The average Bonchev–Trinajstić information content (AvgIpc) is 2.70. The lowest BCUT2D eigenvalue weighted by atomic mass is 9.30. The van der Waals surface area contributed by atoms with Crippen molar-refractivity contribution in [2.45, 2.75) is 19.3 Å². The first-order valence-electron chi connectivity index (χ1n) is 8.92. The topological polar surface area (TPSA) is 37.4 Å². The Hall–Kier alpha value is -3.50. The second kappa shape index (κ2) is 5.25. The van der Waals surface area contributed by atoms with Crippen LogP contribution in [0.5, 0.6) is 11.5 Å². The minimum Gasteiger partial charge on any atom is -0.459 e. The van der Waals surface area contributed by atoms with Gasteiger partial charge in [0.2, 0.25) is 6.71 Å². The normalized spacial score (nSPS) is 14.7. The van der Waals surface area contributed by atoms with E-state index in [1.165, 1.54) is 11.0 Å². The van der Waals surface area contributed by atoms with Gasteiger partial charge in [0.25, 0.3) is 0 Å². The molecular weight excluding hydrogens is 331 g/mol. The fourth-order valence-electron chi connectivity index (χ4n) is 4.70. The molecule has 0 aliphatic carbocycles. The van der Waals surface area contributed by atoms with Crippen LogP contribution in [-0.4, -0.2) is 6.71 Å². The average molecular weight is 346 g/mol. The van der Waals surface area contributed by atoms with E-state index in [4.69, 9.17) is 11.3 Å². The summed E-state index contributed by atoms with van der Waals surface area (Å²) in [5.74, 6) is 1.59. The van der Waals surface area contributed by atoms with Crippen LogP contribution >= 0.6 is 0 Å². The molecule has 2 heterocycles. The van der Waals surface area contributed by atoms with E-state index >= 15 is 0 Å². The summed E-state index contributed by atoms with van der Waals surface area (Å²) < 4.78 is 6.22. The number of hydrogen-bond donors (Lipinski definition) is 0. The SMILES string of the molecule is [C-]#[N+]c1ccc2c3c1C(C)(C)c1ccccc1B3c1cc(C#N)ccc1O2. The first-order valence-corrected chi connectivity index (χ1v) is 8.92. The van der Waals surface area contributed by atoms with Crippen molar-refractivity contribution in [1.82, 2.24) is 0 Å². The van der Waals surface area contributed by atoms with Crippen molar-refractivity contribution in [3.8, 4) is 17.6 Å². The molecule has 0 N–H and O–H groups in total. The zero-order valence-electron chi connectivity index (χ0n) is 15.1. The fraction of sp³-hybridized carbons (Fsp3) is 0.130. The molecule has 0 spiro atoms. The Morgan fingerprint density at radius 3 is 2.59 bits per heavy atom. The van der Waals surface area contributed by atoms with Crippen LogP contribution in [0.2, 0.25) is 0 Å². The van der Waals surface area contributed by atoms with Gasteiger partial charge in [0.05, 0.1) is 18.2 Å². The molecule has 3 aromatic rings. The van der Waals surface area contributed by atoms with Gasteiger partial charge in [0.1, 0.15) is 11.5 Å². The molecule has 0 bridgehead atoms. The molecule has 4 heteroatoms. The van der Waals surface area contributed by atoms with Crippen molar-refractivity contribution >= 4 is 28.8 Å². The molecule has 0 amide bonds. The van der Waals surface area contributed by atoms with Crippen LogP contribution in [0, 0.1) is 17.9 Å². The van der Waals surface area contributed by atoms with Crippen LogP contribution in [0.1, 0.15) is 30.5 Å². The molecule has 3 nitrogen and oxygen atoms in total. The lowest BCUT2D eigenvalue weighted by Crippen LogP contribution is -2.62. The Morgan fingerprint density at radius 2 is 1.81 bits per heavy atom. The Kier molecular flexibility index (Phi) is 3.06. The zero-order chi connectivity index (χ0) is 18.8. The van der Waals surface area contributed by atoms with Gasteiger partial charge in [0, 0.05) is 5.41 Å². The van der Waals surface area contributed by atoms with Gasteiger partial charge in [-0.25, -0.2) is 4.85 Å². The highest BCUT2D eigenvalue weighted by Crippen LogP contribution is 2.42. The Bertz CT molecular complexity index is 1210. The van der Waals surface area contributed by atoms with Crippen LogP contribution in [-0.2, 0) is 5.41 Å². The minimum absolute atomic E-state index is 0.0297. The molecule has 0 aromatic heterocycles. The third kappa shape index (κ3) is 1.96. The maximum Gasteiger partial charge on any atom is 0.250 e. The Morgan fingerprint density at radius 1 is 1.04 bits per heavy atom. The standard InChI is InChI=1S/C23H15BN2O/c1-23(2)15-6-4-5-7-16(15)24-17-12-14(13-25)8-10-19(17)27-20-11-9-18(26-3)21(23)22(20)24/h4-12H,1-2H3. The number of nitriles is 1. The maximum atomic E-state index is 9.39. The molecule has 0 saturated carbocycles. The van der Waals surface area contributed by atoms with E-state index in [0.29, 0.717) is 11.3 Å². The Labute approximate surface area is 158 Å². The smallest absolute Gasteiger partial charge is 0.250 e. The van der Waals surface area contributed by atoms with E-state index < -0.39 is 0 Å². The molecule has 0 atom stereocenters. The monoisotopic (exact) mass is 346 g/mol. The van der Waals surface area contributed by atoms with Crippen LogP contribution in [0.25, 0.3) is 4.85 Å². The molecule has 0 radical (unpaired) electrons. The van der Waals surface area contributed by atoms with E-state index in [9.17, 15) is 5.26 Å². The van der Waals surface area contributed by atoms with Crippen molar-refractivity contribution in [3.05, 3.63) is 82.7 Å². The summed E-state index contributed by atoms with van der Waals surface area (Å²) in [6.07, 6.45) is 0.